The van der Waals surface area contributed by atoms with E-state index in [9.17, 15) is 27.1 Å². The van der Waals surface area contributed by atoms with E-state index in [4.69, 9.17) is 0 Å². The molecule has 0 spiro atoms. The van der Waals surface area contributed by atoms with Crippen molar-refractivity contribution in [2.24, 2.45) is 0 Å². The summed E-state index contributed by atoms with van der Waals surface area (Å²) in [6.07, 6.45) is 1.55. The van der Waals surface area contributed by atoms with Gasteiger partial charge in [0.05, 0.1) is 15.3 Å². The maximum Gasteiger partial charge on any atom is 0.263 e. The number of thiazole rings is 1. The minimum absolute atomic E-state index is 0.00506. The quantitative estimate of drug-likeness (QED) is 0.645. The Balaban J connectivity index is 1.90. The van der Waals surface area contributed by atoms with Crippen LogP contribution >= 0.6 is 11.3 Å². The molecule has 26 heavy (non-hydrogen) atoms. The molecule has 6 nitrogen and oxygen atoms in total. The monoisotopic (exact) mass is 396 g/mol. The molecule has 0 fully saturated rings. The summed E-state index contributed by atoms with van der Waals surface area (Å²) in [6.45, 7) is 0. The van der Waals surface area contributed by atoms with Gasteiger partial charge in [0.1, 0.15) is 5.82 Å². The normalized spacial score (nSPS) is 11.3. The number of carbonyl (C=O) groups is 1. The number of benzene rings is 2. The molecule has 10 heteroatoms. The molecular weight excluding hydrogens is 386 g/mol. The molecule has 1 heterocycles. The fourth-order valence-corrected chi connectivity index (χ4v) is 4.19. The van der Waals surface area contributed by atoms with Gasteiger partial charge in [-0.05, 0) is 29.8 Å². The van der Waals surface area contributed by atoms with Crippen LogP contribution in [0.1, 0.15) is 10.4 Å². The Kier molecular flexibility index (Phi) is 4.70. The van der Waals surface area contributed by atoms with E-state index in [1.165, 1.54) is 30.5 Å². The Morgan fingerprint density at radius 1 is 1.15 bits per heavy atom. The Labute approximate surface area is 150 Å². The van der Waals surface area contributed by atoms with Crippen molar-refractivity contribution in [2.45, 2.75) is 4.90 Å². The van der Waals surface area contributed by atoms with Gasteiger partial charge in [0.15, 0.2) is 23.0 Å². The van der Waals surface area contributed by atoms with Crippen molar-refractivity contribution in [3.63, 3.8) is 0 Å². The molecule has 0 bridgehead atoms. The van der Waals surface area contributed by atoms with Crippen LogP contribution in [0, 0.1) is 11.6 Å². The zero-order chi connectivity index (χ0) is 18.9. The number of nitrogens with zero attached hydrogens (tertiary/aromatic N) is 1. The van der Waals surface area contributed by atoms with Gasteiger partial charge in [0, 0.05) is 6.20 Å². The van der Waals surface area contributed by atoms with Gasteiger partial charge in [0.2, 0.25) is 0 Å². The Hall–Kier alpha value is -2.85. The zero-order valence-electron chi connectivity index (χ0n) is 12.8. The van der Waals surface area contributed by atoms with E-state index in [0.29, 0.717) is 16.5 Å². The number of nitrogens with one attached hydrogen (secondary N) is 1. The molecule has 3 aromatic rings. The van der Waals surface area contributed by atoms with Crippen LogP contribution in [0.3, 0.4) is 0 Å². The van der Waals surface area contributed by atoms with E-state index in [1.807, 2.05) is 0 Å². The summed E-state index contributed by atoms with van der Waals surface area (Å²) in [7, 11) is -4.23. The largest absolute Gasteiger partial charge is 0.504 e. The van der Waals surface area contributed by atoms with Gasteiger partial charge in [-0.3, -0.25) is 9.52 Å². The second-order valence-electron chi connectivity index (χ2n) is 5.10. The van der Waals surface area contributed by atoms with Crippen LogP contribution in [0.25, 0.3) is 10.4 Å². The highest BCUT2D eigenvalue weighted by atomic mass is 32.2. The van der Waals surface area contributed by atoms with Gasteiger partial charge in [-0.1, -0.05) is 23.5 Å². The van der Waals surface area contributed by atoms with Crippen molar-refractivity contribution in [3.05, 3.63) is 59.8 Å². The summed E-state index contributed by atoms with van der Waals surface area (Å²) in [5.41, 5.74) is 0.157. The zero-order valence-corrected chi connectivity index (χ0v) is 14.4. The van der Waals surface area contributed by atoms with Crippen LogP contribution < -0.4 is 4.72 Å². The highest BCUT2D eigenvalue weighted by Gasteiger charge is 2.21. The summed E-state index contributed by atoms with van der Waals surface area (Å²) in [4.78, 5) is 14.8. The van der Waals surface area contributed by atoms with Crippen LogP contribution in [-0.4, -0.2) is 24.8 Å². The molecule has 0 amide bonds. The molecule has 2 aromatic carbocycles. The van der Waals surface area contributed by atoms with Crippen LogP contribution in [-0.2, 0) is 10.0 Å². The first kappa shape index (κ1) is 18.0. The molecule has 0 saturated heterocycles. The van der Waals surface area contributed by atoms with E-state index in [0.717, 1.165) is 17.4 Å². The number of hydrogen-bond donors (Lipinski definition) is 2. The van der Waals surface area contributed by atoms with E-state index < -0.39 is 37.9 Å². The summed E-state index contributed by atoms with van der Waals surface area (Å²) in [5.74, 6) is -2.56. The number of anilines is 1. The van der Waals surface area contributed by atoms with Gasteiger partial charge in [-0.25, -0.2) is 22.2 Å². The number of rotatable bonds is 5. The first-order chi connectivity index (χ1) is 12.3. The molecule has 134 valence electrons. The minimum Gasteiger partial charge on any atom is -0.504 e. The second-order valence-corrected chi connectivity index (χ2v) is 7.82. The lowest BCUT2D eigenvalue weighted by Gasteiger charge is -2.07. The number of aromatic nitrogens is 1. The Bertz CT molecular complexity index is 1080. The standard InChI is InChI=1S/C16H10F2N2O4S2/c17-11-3-1-9(2-4-11)14-7-19-16(25-14)20-26(23,24)12-5-10(8-21)15(22)13(18)6-12/h1-8,22H,(H,19,20). The predicted molar refractivity (Wildman–Crippen MR) is 91.8 cm³/mol. The lowest BCUT2D eigenvalue weighted by molar-refractivity contribution is 0.112. The minimum atomic E-state index is -4.23. The molecule has 0 aliphatic carbocycles. The number of hydrogen-bond acceptors (Lipinski definition) is 6. The van der Waals surface area contributed by atoms with Crippen LogP contribution in [0.15, 0.2) is 47.5 Å². The highest BCUT2D eigenvalue weighted by molar-refractivity contribution is 7.93. The van der Waals surface area contributed by atoms with Gasteiger partial charge >= 0.3 is 0 Å². The second kappa shape index (κ2) is 6.81. The summed E-state index contributed by atoms with van der Waals surface area (Å²) in [6, 6.07) is 7.01. The number of phenolic OH excluding ortho intramolecular Hbond substituents is 1. The summed E-state index contributed by atoms with van der Waals surface area (Å²) >= 11 is 0.994. The molecule has 0 radical (unpaired) electrons. The van der Waals surface area contributed by atoms with E-state index >= 15 is 0 Å². The molecule has 3 rings (SSSR count). The van der Waals surface area contributed by atoms with E-state index in [1.54, 1.807) is 0 Å². The average Bonchev–Trinajstić information content (AvgIpc) is 3.05. The van der Waals surface area contributed by atoms with Crippen molar-refractivity contribution >= 4 is 32.8 Å². The number of carbonyl (C=O) groups excluding carboxylic acids is 1. The first-order valence-electron chi connectivity index (χ1n) is 7.02. The van der Waals surface area contributed by atoms with E-state index in [2.05, 4.69) is 9.71 Å². The third-order valence-electron chi connectivity index (χ3n) is 3.36. The maximum absolute atomic E-state index is 13.6. The van der Waals surface area contributed by atoms with Gasteiger partial charge in [-0.2, -0.15) is 0 Å². The molecule has 0 unspecified atom stereocenters. The van der Waals surface area contributed by atoms with Gasteiger partial charge in [0.25, 0.3) is 10.0 Å². The predicted octanol–water partition coefficient (Wildman–Crippen LogP) is 3.41. The van der Waals surface area contributed by atoms with Crippen LogP contribution in [0.4, 0.5) is 13.9 Å². The molecule has 0 saturated carbocycles. The molecule has 2 N–H and O–H groups in total. The van der Waals surface area contributed by atoms with Crippen molar-refractivity contribution in [1.82, 2.24) is 4.98 Å². The van der Waals surface area contributed by atoms with Gasteiger partial charge < -0.3 is 5.11 Å². The number of halogens is 2. The molecule has 1 aromatic heterocycles. The van der Waals surface area contributed by atoms with Gasteiger partial charge in [-0.15, -0.1) is 0 Å². The van der Waals surface area contributed by atoms with Crippen molar-refractivity contribution < 1.29 is 27.1 Å². The molecule has 0 aliphatic heterocycles. The number of aromatic hydroxyl groups is 1. The number of sulfonamides is 1. The fraction of sp³-hybridized carbons (Fsp3) is 0. The fourth-order valence-electron chi connectivity index (χ4n) is 2.08. The third kappa shape index (κ3) is 3.55. The summed E-state index contributed by atoms with van der Waals surface area (Å²) < 4.78 is 53.5. The smallest absolute Gasteiger partial charge is 0.263 e. The third-order valence-corrected chi connectivity index (χ3v) is 5.77. The highest BCUT2D eigenvalue weighted by Crippen LogP contribution is 2.31. The van der Waals surface area contributed by atoms with Crippen molar-refractivity contribution in [3.8, 4) is 16.2 Å². The Morgan fingerprint density at radius 2 is 1.85 bits per heavy atom. The summed E-state index contributed by atoms with van der Waals surface area (Å²) in [5, 5.41) is 9.37. The molecule has 0 atom stereocenters. The van der Waals surface area contributed by atoms with Crippen LogP contribution in [0.5, 0.6) is 5.75 Å². The van der Waals surface area contributed by atoms with E-state index in [-0.39, 0.29) is 11.4 Å². The number of phenols is 1. The van der Waals surface area contributed by atoms with Crippen molar-refractivity contribution in [2.75, 3.05) is 4.72 Å². The molecular formula is C16H10F2N2O4S2. The van der Waals surface area contributed by atoms with Crippen molar-refractivity contribution in [1.29, 1.82) is 0 Å². The Morgan fingerprint density at radius 3 is 2.50 bits per heavy atom. The first-order valence-corrected chi connectivity index (χ1v) is 9.32. The topological polar surface area (TPSA) is 96.4 Å². The van der Waals surface area contributed by atoms with Crippen LogP contribution in [0.2, 0.25) is 0 Å². The lowest BCUT2D eigenvalue weighted by atomic mass is 10.2. The average molecular weight is 396 g/mol. The molecule has 0 aliphatic rings. The lowest BCUT2D eigenvalue weighted by Crippen LogP contribution is -2.13. The maximum atomic E-state index is 13.6. The number of aldehydes is 1. The SMILES string of the molecule is O=Cc1cc(S(=O)(=O)Nc2ncc(-c3ccc(F)cc3)s2)cc(F)c1O.